The van der Waals surface area contributed by atoms with E-state index in [0.29, 0.717) is 14.3 Å². The third kappa shape index (κ3) is 4.31. The number of hydrogen-bond donors (Lipinski definition) is 1. The summed E-state index contributed by atoms with van der Waals surface area (Å²) in [4.78, 5) is 11.8. The highest BCUT2D eigenvalue weighted by Gasteiger charge is 2.03. The van der Waals surface area contributed by atoms with Crippen LogP contribution in [0.5, 0.6) is 0 Å². The monoisotopic (exact) mass is 401 g/mol. The minimum atomic E-state index is -0.330. The Labute approximate surface area is 134 Å². The second-order valence-electron chi connectivity index (χ2n) is 4.00. The number of rotatable bonds is 3. The first-order chi connectivity index (χ1) is 9.54. The van der Waals surface area contributed by atoms with E-state index >= 15 is 0 Å². The van der Waals surface area contributed by atoms with Crippen molar-refractivity contribution in [2.45, 2.75) is 0 Å². The van der Waals surface area contributed by atoms with Crippen LogP contribution in [0.2, 0.25) is 5.02 Å². The van der Waals surface area contributed by atoms with Gasteiger partial charge in [-0.15, -0.1) is 0 Å². The quantitative estimate of drug-likeness (QED) is 0.584. The van der Waals surface area contributed by atoms with Crippen molar-refractivity contribution in [2.24, 2.45) is 0 Å². The lowest BCUT2D eigenvalue weighted by molar-refractivity contribution is -0.111. The predicted octanol–water partition coefficient (Wildman–Crippen LogP) is 4.74. The number of halogens is 3. The fraction of sp³-hybridized carbons (Fsp3) is 0. The summed E-state index contributed by atoms with van der Waals surface area (Å²) in [6, 6.07) is 11.3. The molecular formula is C15H10ClFINO. The van der Waals surface area contributed by atoms with Crippen molar-refractivity contribution >= 4 is 51.9 Å². The van der Waals surface area contributed by atoms with Crippen molar-refractivity contribution in [1.29, 1.82) is 0 Å². The maximum absolute atomic E-state index is 12.9. The molecule has 2 nitrogen and oxygen atoms in total. The fourth-order valence-electron chi connectivity index (χ4n) is 1.51. The van der Waals surface area contributed by atoms with Crippen LogP contribution in [-0.4, -0.2) is 5.91 Å². The van der Waals surface area contributed by atoms with Gasteiger partial charge in [-0.2, -0.15) is 0 Å². The van der Waals surface area contributed by atoms with Crippen LogP contribution in [0.4, 0.5) is 10.1 Å². The van der Waals surface area contributed by atoms with E-state index in [-0.39, 0.29) is 11.7 Å². The zero-order valence-electron chi connectivity index (χ0n) is 10.2. The average molecular weight is 402 g/mol. The Balaban J connectivity index is 2.03. The van der Waals surface area contributed by atoms with Gasteiger partial charge in [-0.25, -0.2) is 4.39 Å². The maximum Gasteiger partial charge on any atom is 0.248 e. The number of carbonyl (C=O) groups is 1. The molecule has 0 aliphatic rings. The second kappa shape index (κ2) is 6.85. The Kier molecular flexibility index (Phi) is 5.14. The molecule has 2 aromatic carbocycles. The third-order valence-electron chi connectivity index (χ3n) is 2.49. The van der Waals surface area contributed by atoms with E-state index in [9.17, 15) is 9.18 Å². The van der Waals surface area contributed by atoms with Gasteiger partial charge in [0.1, 0.15) is 5.82 Å². The Morgan fingerprint density at radius 1 is 1.20 bits per heavy atom. The summed E-state index contributed by atoms with van der Waals surface area (Å²) in [5.74, 6) is -0.603. The van der Waals surface area contributed by atoms with Crippen molar-refractivity contribution in [3.63, 3.8) is 0 Å². The molecule has 5 heteroatoms. The molecule has 2 rings (SSSR count). The number of anilines is 1. The lowest BCUT2D eigenvalue weighted by Crippen LogP contribution is -2.09. The van der Waals surface area contributed by atoms with Crippen LogP contribution in [-0.2, 0) is 4.79 Å². The number of benzene rings is 2. The summed E-state index contributed by atoms with van der Waals surface area (Å²) >= 11 is 7.75. The van der Waals surface area contributed by atoms with Crippen LogP contribution >= 0.6 is 34.2 Å². The largest absolute Gasteiger partial charge is 0.322 e. The van der Waals surface area contributed by atoms with E-state index in [2.05, 4.69) is 5.32 Å². The normalized spacial score (nSPS) is 10.8. The lowest BCUT2D eigenvalue weighted by atomic mass is 10.2. The molecule has 1 N–H and O–H groups in total. The maximum atomic E-state index is 12.9. The average Bonchev–Trinajstić information content (AvgIpc) is 2.41. The molecule has 0 fully saturated rings. The molecule has 0 radical (unpaired) electrons. The number of hydrogen-bond acceptors (Lipinski definition) is 1. The smallest absolute Gasteiger partial charge is 0.248 e. The van der Waals surface area contributed by atoms with Crippen LogP contribution in [0.1, 0.15) is 5.56 Å². The minimum Gasteiger partial charge on any atom is -0.322 e. The van der Waals surface area contributed by atoms with E-state index in [4.69, 9.17) is 11.6 Å². The van der Waals surface area contributed by atoms with Gasteiger partial charge in [0.25, 0.3) is 0 Å². The van der Waals surface area contributed by atoms with Crippen molar-refractivity contribution in [1.82, 2.24) is 0 Å². The van der Waals surface area contributed by atoms with Gasteiger partial charge in [-0.1, -0.05) is 23.7 Å². The number of amides is 1. The van der Waals surface area contributed by atoms with Crippen LogP contribution in [0.3, 0.4) is 0 Å². The molecule has 0 aliphatic heterocycles. The highest BCUT2D eigenvalue weighted by Crippen LogP contribution is 2.19. The molecule has 0 bridgehead atoms. The SMILES string of the molecule is O=C(C=Cc1ccc(Cl)cc1)Nc1ccc(F)cc1I. The fourth-order valence-corrected chi connectivity index (χ4v) is 2.25. The zero-order valence-corrected chi connectivity index (χ0v) is 13.2. The molecule has 0 spiro atoms. The Hall–Kier alpha value is -1.40. The first-order valence-electron chi connectivity index (χ1n) is 5.74. The third-order valence-corrected chi connectivity index (χ3v) is 3.63. The molecule has 0 saturated heterocycles. The summed E-state index contributed by atoms with van der Waals surface area (Å²) < 4.78 is 13.6. The van der Waals surface area contributed by atoms with Gasteiger partial charge >= 0.3 is 0 Å². The Bertz CT molecular complexity index is 655. The van der Waals surface area contributed by atoms with Crippen molar-refractivity contribution in [3.8, 4) is 0 Å². The summed E-state index contributed by atoms with van der Waals surface area (Å²) in [7, 11) is 0. The standard InChI is InChI=1S/C15H10ClFINO/c16-11-4-1-10(2-5-11)3-8-15(20)19-14-7-6-12(17)9-13(14)18/h1-9H,(H,19,20). The van der Waals surface area contributed by atoms with Crippen LogP contribution in [0.25, 0.3) is 6.08 Å². The molecule has 1 amide bonds. The lowest BCUT2D eigenvalue weighted by Gasteiger charge is -2.04. The number of carbonyl (C=O) groups excluding carboxylic acids is 1. The van der Waals surface area contributed by atoms with Gasteiger partial charge in [0, 0.05) is 14.7 Å². The summed E-state index contributed by atoms with van der Waals surface area (Å²) in [6.07, 6.45) is 3.10. The summed E-state index contributed by atoms with van der Waals surface area (Å²) in [5.41, 5.74) is 1.45. The molecule has 0 saturated carbocycles. The molecule has 0 aromatic heterocycles. The molecule has 20 heavy (non-hydrogen) atoms. The summed E-state index contributed by atoms with van der Waals surface area (Å²) in [6.45, 7) is 0. The highest BCUT2D eigenvalue weighted by molar-refractivity contribution is 14.1. The van der Waals surface area contributed by atoms with Gasteiger partial charge in [-0.3, -0.25) is 4.79 Å². The van der Waals surface area contributed by atoms with Crippen molar-refractivity contribution in [3.05, 3.63) is 68.5 Å². The van der Waals surface area contributed by atoms with E-state index < -0.39 is 0 Å². The van der Waals surface area contributed by atoms with E-state index in [1.807, 2.05) is 34.7 Å². The molecule has 0 atom stereocenters. The van der Waals surface area contributed by atoms with Gasteiger partial charge in [-0.05, 0) is 64.6 Å². The predicted molar refractivity (Wildman–Crippen MR) is 88.2 cm³/mol. The van der Waals surface area contributed by atoms with E-state index in [1.54, 1.807) is 18.2 Å². The van der Waals surface area contributed by atoms with Gasteiger partial charge in [0.2, 0.25) is 5.91 Å². The molecule has 0 aliphatic carbocycles. The molecule has 0 heterocycles. The molecule has 0 unspecified atom stereocenters. The summed E-state index contributed by atoms with van der Waals surface area (Å²) in [5, 5.41) is 3.34. The van der Waals surface area contributed by atoms with Gasteiger partial charge in [0.05, 0.1) is 5.69 Å². The zero-order chi connectivity index (χ0) is 14.5. The van der Waals surface area contributed by atoms with Crippen LogP contribution in [0, 0.1) is 9.39 Å². The van der Waals surface area contributed by atoms with E-state index in [0.717, 1.165) is 5.56 Å². The van der Waals surface area contributed by atoms with Gasteiger partial charge in [0.15, 0.2) is 0 Å². The first-order valence-corrected chi connectivity index (χ1v) is 7.20. The molecule has 102 valence electrons. The number of nitrogens with one attached hydrogen (secondary N) is 1. The second-order valence-corrected chi connectivity index (χ2v) is 5.60. The first kappa shape index (κ1) is 15.0. The van der Waals surface area contributed by atoms with Crippen LogP contribution in [0.15, 0.2) is 48.5 Å². The van der Waals surface area contributed by atoms with Crippen molar-refractivity contribution in [2.75, 3.05) is 5.32 Å². The topological polar surface area (TPSA) is 29.1 Å². The van der Waals surface area contributed by atoms with E-state index in [1.165, 1.54) is 24.3 Å². The van der Waals surface area contributed by atoms with Crippen molar-refractivity contribution < 1.29 is 9.18 Å². The Morgan fingerprint density at radius 3 is 2.55 bits per heavy atom. The Morgan fingerprint density at radius 2 is 1.90 bits per heavy atom. The van der Waals surface area contributed by atoms with Gasteiger partial charge < -0.3 is 5.32 Å². The molecular weight excluding hydrogens is 392 g/mol. The van der Waals surface area contributed by atoms with Crippen LogP contribution < -0.4 is 5.32 Å². The molecule has 2 aromatic rings. The minimum absolute atomic E-state index is 0.274. The highest BCUT2D eigenvalue weighted by atomic mass is 127.